The van der Waals surface area contributed by atoms with Crippen molar-refractivity contribution < 1.29 is 9.53 Å². The number of para-hydroxylation sites is 1. The molecule has 2 heterocycles. The number of urea groups is 1. The molecule has 0 aliphatic heterocycles. The van der Waals surface area contributed by atoms with E-state index in [-0.39, 0.29) is 0 Å². The summed E-state index contributed by atoms with van der Waals surface area (Å²) in [4.78, 5) is 11.3. The molecule has 0 aliphatic rings. The average Bonchev–Trinajstić information content (AvgIpc) is 3.05. The normalized spacial score (nSPS) is 10.4. The van der Waals surface area contributed by atoms with Crippen molar-refractivity contribution in [2.45, 2.75) is 6.92 Å². The molecule has 0 bridgehead atoms. The van der Waals surface area contributed by atoms with Crippen molar-refractivity contribution in [2.24, 2.45) is 5.73 Å². The second-order valence-corrected chi connectivity index (χ2v) is 6.56. The molecule has 0 aliphatic carbocycles. The van der Waals surface area contributed by atoms with Crippen LogP contribution in [0.2, 0.25) is 0 Å². The van der Waals surface area contributed by atoms with Crippen LogP contribution in [0.5, 0.6) is 11.5 Å². The van der Waals surface area contributed by atoms with E-state index in [4.69, 9.17) is 10.5 Å². The highest BCUT2D eigenvalue weighted by molar-refractivity contribution is 5.94. The van der Waals surface area contributed by atoms with Gasteiger partial charge in [-0.1, -0.05) is 18.2 Å². The number of nitrogens with two attached hydrogens (primary N) is 1. The maximum absolute atomic E-state index is 11.3. The monoisotopic (exact) mass is 398 g/mol. The molecule has 0 unspecified atom stereocenters. The Kier molecular flexibility index (Phi) is 4.93. The molecule has 8 nitrogen and oxygen atoms in total. The van der Waals surface area contributed by atoms with E-state index in [0.29, 0.717) is 28.2 Å². The van der Waals surface area contributed by atoms with Crippen LogP contribution >= 0.6 is 0 Å². The third-order valence-electron chi connectivity index (χ3n) is 4.54. The maximum Gasteiger partial charge on any atom is 0.316 e. The molecule has 2 aromatic carbocycles. The van der Waals surface area contributed by atoms with Crippen molar-refractivity contribution in [1.29, 1.82) is 5.26 Å². The van der Waals surface area contributed by atoms with Crippen LogP contribution in [0.4, 0.5) is 21.9 Å². The quantitative estimate of drug-likeness (QED) is 0.456. The van der Waals surface area contributed by atoms with Gasteiger partial charge in [0.05, 0.1) is 34.8 Å². The summed E-state index contributed by atoms with van der Waals surface area (Å²) < 4.78 is 7.41. The Morgan fingerprint density at radius 3 is 2.50 bits per heavy atom. The summed E-state index contributed by atoms with van der Waals surface area (Å²) >= 11 is 0. The first-order valence-corrected chi connectivity index (χ1v) is 9.12. The molecule has 0 fully saturated rings. The standard InChI is InChI=1S/C22H18N6O2/c1-14-19(27-22(24)29)13-28-21(14)20(15(11-23)12-25-28)26-16-7-9-18(10-8-16)30-17-5-3-2-4-6-17/h2-10,12-13,26H,1H3,(H3,24,27,29). The fourth-order valence-electron chi connectivity index (χ4n) is 3.13. The molecule has 30 heavy (non-hydrogen) atoms. The fourth-order valence-corrected chi connectivity index (χ4v) is 3.13. The first-order valence-electron chi connectivity index (χ1n) is 9.12. The van der Waals surface area contributed by atoms with Gasteiger partial charge in [-0.3, -0.25) is 0 Å². The smallest absolute Gasteiger partial charge is 0.316 e. The molecular formula is C22H18N6O2. The summed E-state index contributed by atoms with van der Waals surface area (Å²) in [6.07, 6.45) is 3.12. The molecule has 0 atom stereocenters. The van der Waals surface area contributed by atoms with Crippen LogP contribution in [0, 0.1) is 18.3 Å². The number of anilines is 3. The number of rotatable bonds is 5. The van der Waals surface area contributed by atoms with Gasteiger partial charge < -0.3 is 21.1 Å². The Hall–Kier alpha value is -4.51. The molecule has 4 N–H and O–H groups in total. The van der Waals surface area contributed by atoms with E-state index >= 15 is 0 Å². The number of carbonyl (C=O) groups excluding carboxylic acids is 1. The van der Waals surface area contributed by atoms with E-state index in [1.165, 1.54) is 6.20 Å². The number of amides is 2. The molecule has 0 saturated carbocycles. The average molecular weight is 398 g/mol. The number of ether oxygens (including phenoxy) is 1. The highest BCUT2D eigenvalue weighted by Crippen LogP contribution is 2.33. The van der Waals surface area contributed by atoms with Gasteiger partial charge in [0.15, 0.2) is 0 Å². The van der Waals surface area contributed by atoms with Crippen LogP contribution in [0.1, 0.15) is 11.1 Å². The highest BCUT2D eigenvalue weighted by atomic mass is 16.5. The van der Waals surface area contributed by atoms with Crippen LogP contribution in [-0.4, -0.2) is 15.6 Å². The SMILES string of the molecule is Cc1c(NC(N)=O)cn2ncc(C#N)c(Nc3ccc(Oc4ccccc4)cc3)c12. The number of benzene rings is 2. The van der Waals surface area contributed by atoms with Gasteiger partial charge in [-0.05, 0) is 43.3 Å². The van der Waals surface area contributed by atoms with E-state index < -0.39 is 6.03 Å². The molecule has 4 aromatic rings. The first-order chi connectivity index (χ1) is 14.5. The summed E-state index contributed by atoms with van der Waals surface area (Å²) in [6, 6.07) is 18.4. The minimum atomic E-state index is -0.668. The minimum Gasteiger partial charge on any atom is -0.457 e. The van der Waals surface area contributed by atoms with Crippen LogP contribution in [-0.2, 0) is 0 Å². The molecule has 2 aromatic heterocycles. The minimum absolute atomic E-state index is 0.374. The number of fused-ring (bicyclic) bond motifs is 1. The van der Waals surface area contributed by atoms with Crippen molar-refractivity contribution in [1.82, 2.24) is 9.61 Å². The lowest BCUT2D eigenvalue weighted by atomic mass is 10.1. The van der Waals surface area contributed by atoms with Crippen molar-refractivity contribution in [3.63, 3.8) is 0 Å². The maximum atomic E-state index is 11.3. The summed E-state index contributed by atoms with van der Waals surface area (Å²) in [5, 5.41) is 19.7. The lowest BCUT2D eigenvalue weighted by Gasteiger charge is -2.12. The van der Waals surface area contributed by atoms with Gasteiger partial charge in [-0.25, -0.2) is 9.31 Å². The molecule has 0 saturated heterocycles. The van der Waals surface area contributed by atoms with Crippen molar-refractivity contribution in [3.8, 4) is 17.6 Å². The lowest BCUT2D eigenvalue weighted by Crippen LogP contribution is -2.19. The number of nitriles is 1. The Labute approximate surface area is 172 Å². The Morgan fingerprint density at radius 2 is 1.83 bits per heavy atom. The van der Waals surface area contributed by atoms with Gasteiger partial charge in [-0.15, -0.1) is 0 Å². The lowest BCUT2D eigenvalue weighted by molar-refractivity contribution is 0.259. The third-order valence-corrected chi connectivity index (χ3v) is 4.54. The number of nitrogens with zero attached hydrogens (tertiary/aromatic N) is 3. The summed E-state index contributed by atoms with van der Waals surface area (Å²) in [7, 11) is 0. The number of carbonyl (C=O) groups is 1. The predicted octanol–water partition coefficient (Wildman–Crippen LogP) is 4.54. The molecule has 4 rings (SSSR count). The molecule has 148 valence electrons. The van der Waals surface area contributed by atoms with Crippen LogP contribution in [0.25, 0.3) is 5.52 Å². The van der Waals surface area contributed by atoms with Crippen molar-refractivity contribution in [3.05, 3.63) is 78.1 Å². The second kappa shape index (κ2) is 7.85. The highest BCUT2D eigenvalue weighted by Gasteiger charge is 2.16. The van der Waals surface area contributed by atoms with E-state index in [9.17, 15) is 10.1 Å². The fraction of sp³-hybridized carbons (Fsp3) is 0.0455. The van der Waals surface area contributed by atoms with Crippen LogP contribution in [0.3, 0.4) is 0 Å². The van der Waals surface area contributed by atoms with Gasteiger partial charge >= 0.3 is 6.03 Å². The second-order valence-electron chi connectivity index (χ2n) is 6.56. The number of nitrogens with one attached hydrogen (secondary N) is 2. The summed E-state index contributed by atoms with van der Waals surface area (Å²) in [5.41, 5.74) is 8.91. The van der Waals surface area contributed by atoms with Crippen LogP contribution in [0.15, 0.2) is 67.0 Å². The Bertz CT molecular complexity index is 1260. The van der Waals surface area contributed by atoms with E-state index in [0.717, 1.165) is 17.0 Å². The third kappa shape index (κ3) is 3.72. The number of hydrogen-bond donors (Lipinski definition) is 3. The van der Waals surface area contributed by atoms with E-state index in [1.807, 2.05) is 61.5 Å². The van der Waals surface area contributed by atoms with Gasteiger partial charge in [0, 0.05) is 11.3 Å². The number of aryl methyl sites for hydroxylation is 1. The largest absolute Gasteiger partial charge is 0.457 e. The molecular weight excluding hydrogens is 380 g/mol. The van der Waals surface area contributed by atoms with Crippen LogP contribution < -0.4 is 21.1 Å². The molecule has 0 radical (unpaired) electrons. The van der Waals surface area contributed by atoms with E-state index in [1.54, 1.807) is 10.7 Å². The summed E-state index contributed by atoms with van der Waals surface area (Å²) in [5.74, 6) is 1.44. The Morgan fingerprint density at radius 1 is 1.13 bits per heavy atom. The number of primary amides is 1. The summed E-state index contributed by atoms with van der Waals surface area (Å²) in [6.45, 7) is 1.82. The van der Waals surface area contributed by atoms with Gasteiger partial charge in [0.25, 0.3) is 0 Å². The zero-order chi connectivity index (χ0) is 21.1. The zero-order valence-electron chi connectivity index (χ0n) is 16.1. The van der Waals surface area contributed by atoms with Gasteiger partial charge in [-0.2, -0.15) is 10.4 Å². The zero-order valence-corrected chi connectivity index (χ0v) is 16.1. The number of hydrogen-bond acceptors (Lipinski definition) is 5. The number of aromatic nitrogens is 2. The van der Waals surface area contributed by atoms with Gasteiger partial charge in [0.1, 0.15) is 17.6 Å². The topological polar surface area (TPSA) is 117 Å². The van der Waals surface area contributed by atoms with Crippen molar-refractivity contribution >= 4 is 28.6 Å². The Balaban J connectivity index is 1.66. The first kappa shape index (κ1) is 18.8. The van der Waals surface area contributed by atoms with Crippen molar-refractivity contribution in [2.75, 3.05) is 10.6 Å². The van der Waals surface area contributed by atoms with Gasteiger partial charge in [0.2, 0.25) is 0 Å². The van der Waals surface area contributed by atoms with E-state index in [2.05, 4.69) is 21.8 Å². The molecule has 8 heteroatoms. The predicted molar refractivity (Wildman–Crippen MR) is 114 cm³/mol. The molecule has 0 spiro atoms. The molecule has 2 amide bonds.